The third-order valence-electron chi connectivity index (χ3n) is 4.22. The Kier molecular flexibility index (Phi) is 4.71. The number of carbonyl (C=O) groups is 1. The van der Waals surface area contributed by atoms with Crippen LogP contribution in [0.2, 0.25) is 0 Å². The predicted octanol–water partition coefficient (Wildman–Crippen LogP) is 1.01. The van der Waals surface area contributed by atoms with E-state index in [4.69, 9.17) is 5.11 Å². The van der Waals surface area contributed by atoms with Gasteiger partial charge in [0.2, 0.25) is 0 Å². The maximum absolute atomic E-state index is 12.7. The molecule has 0 amide bonds. The van der Waals surface area contributed by atoms with Crippen molar-refractivity contribution < 1.29 is 18.3 Å². The van der Waals surface area contributed by atoms with Gasteiger partial charge in [-0.2, -0.15) is 17.0 Å². The van der Waals surface area contributed by atoms with Gasteiger partial charge in [-0.25, -0.2) is 0 Å². The first-order valence-corrected chi connectivity index (χ1v) is 8.68. The van der Waals surface area contributed by atoms with Crippen LogP contribution in [0.15, 0.2) is 0 Å². The van der Waals surface area contributed by atoms with Gasteiger partial charge in [-0.05, 0) is 31.1 Å². The molecule has 7 heteroatoms. The smallest absolute Gasteiger partial charge is 0.307 e. The lowest BCUT2D eigenvalue weighted by molar-refractivity contribution is -0.142. The number of carboxylic acid groups (broad SMARTS) is 1. The van der Waals surface area contributed by atoms with Crippen molar-refractivity contribution in [1.82, 2.24) is 8.61 Å². The molecular weight excluding hydrogens is 280 g/mol. The van der Waals surface area contributed by atoms with Gasteiger partial charge in [0.1, 0.15) is 0 Å². The topological polar surface area (TPSA) is 77.9 Å². The van der Waals surface area contributed by atoms with Crippen molar-refractivity contribution >= 4 is 16.2 Å². The van der Waals surface area contributed by atoms with Gasteiger partial charge in [-0.3, -0.25) is 4.79 Å². The molecule has 6 nitrogen and oxygen atoms in total. The van der Waals surface area contributed by atoms with E-state index in [1.54, 1.807) is 0 Å². The van der Waals surface area contributed by atoms with Gasteiger partial charge in [0.05, 0.1) is 5.92 Å². The molecule has 2 fully saturated rings. The second kappa shape index (κ2) is 5.99. The first-order chi connectivity index (χ1) is 9.30. The Morgan fingerprint density at radius 2 is 1.70 bits per heavy atom. The molecule has 0 unspecified atom stereocenters. The lowest BCUT2D eigenvalue weighted by Crippen LogP contribution is -2.52. The molecule has 0 aromatic rings. The van der Waals surface area contributed by atoms with Crippen LogP contribution < -0.4 is 0 Å². The second-order valence-corrected chi connectivity index (χ2v) is 8.23. The van der Waals surface area contributed by atoms with Crippen LogP contribution in [0.4, 0.5) is 0 Å². The molecule has 0 bridgehead atoms. The minimum absolute atomic E-state index is 0.108. The van der Waals surface area contributed by atoms with Crippen LogP contribution in [0, 0.1) is 17.8 Å². The summed E-state index contributed by atoms with van der Waals surface area (Å²) in [5.41, 5.74) is 0. The van der Waals surface area contributed by atoms with Gasteiger partial charge in [-0.15, -0.1) is 0 Å². The summed E-state index contributed by atoms with van der Waals surface area (Å²) in [5, 5.41) is 9.08. The molecule has 2 heterocycles. The van der Waals surface area contributed by atoms with E-state index in [0.29, 0.717) is 44.3 Å². The van der Waals surface area contributed by atoms with Gasteiger partial charge in [0.15, 0.2) is 0 Å². The molecule has 2 saturated heterocycles. The molecule has 0 aromatic carbocycles. The summed E-state index contributed by atoms with van der Waals surface area (Å²) in [6.07, 6.45) is 2.23. The molecular formula is C13H24N2O4S. The van der Waals surface area contributed by atoms with E-state index in [1.165, 1.54) is 8.61 Å². The summed E-state index contributed by atoms with van der Waals surface area (Å²) < 4.78 is 28.2. The fourth-order valence-corrected chi connectivity index (χ4v) is 5.25. The molecule has 2 aliphatic heterocycles. The van der Waals surface area contributed by atoms with Crippen molar-refractivity contribution in [3.8, 4) is 0 Å². The number of nitrogens with zero attached hydrogens (tertiary/aromatic N) is 2. The number of rotatable bonds is 3. The van der Waals surface area contributed by atoms with Crippen molar-refractivity contribution in [2.45, 2.75) is 33.1 Å². The highest BCUT2D eigenvalue weighted by Gasteiger charge is 2.38. The number of hydrogen-bond donors (Lipinski definition) is 1. The van der Waals surface area contributed by atoms with Crippen molar-refractivity contribution in [2.75, 3.05) is 26.2 Å². The molecule has 2 aliphatic rings. The third-order valence-corrected chi connectivity index (χ3v) is 6.16. The Morgan fingerprint density at radius 3 is 2.25 bits per heavy atom. The van der Waals surface area contributed by atoms with E-state index in [-0.39, 0.29) is 6.54 Å². The summed E-state index contributed by atoms with van der Waals surface area (Å²) in [6, 6.07) is 0. The molecule has 0 aromatic heterocycles. The zero-order chi connectivity index (χ0) is 14.9. The predicted molar refractivity (Wildman–Crippen MR) is 75.4 cm³/mol. The molecule has 0 aliphatic carbocycles. The third kappa shape index (κ3) is 3.32. The largest absolute Gasteiger partial charge is 0.481 e. The molecule has 0 radical (unpaired) electrons. The highest BCUT2D eigenvalue weighted by atomic mass is 32.2. The van der Waals surface area contributed by atoms with E-state index < -0.39 is 22.1 Å². The van der Waals surface area contributed by atoms with Crippen LogP contribution in [-0.4, -0.2) is 54.3 Å². The van der Waals surface area contributed by atoms with Crippen molar-refractivity contribution in [1.29, 1.82) is 0 Å². The van der Waals surface area contributed by atoms with Gasteiger partial charge in [0, 0.05) is 26.2 Å². The van der Waals surface area contributed by atoms with Gasteiger partial charge in [0.25, 0.3) is 10.2 Å². The van der Waals surface area contributed by atoms with Gasteiger partial charge in [-0.1, -0.05) is 13.8 Å². The molecule has 0 spiro atoms. The highest BCUT2D eigenvalue weighted by Crippen LogP contribution is 2.27. The van der Waals surface area contributed by atoms with Crippen LogP contribution in [0.25, 0.3) is 0 Å². The van der Waals surface area contributed by atoms with E-state index in [0.717, 1.165) is 6.42 Å². The average molecular weight is 304 g/mol. The number of carboxylic acids is 1. The first kappa shape index (κ1) is 15.7. The van der Waals surface area contributed by atoms with Crippen molar-refractivity contribution in [2.24, 2.45) is 17.8 Å². The Hall–Kier alpha value is -0.660. The van der Waals surface area contributed by atoms with E-state index in [2.05, 4.69) is 13.8 Å². The summed E-state index contributed by atoms with van der Waals surface area (Å²) in [4.78, 5) is 11.1. The standard InChI is InChI=1S/C13H24N2O4S/c1-10-6-11(2)8-15(7-10)20(18,19)14-5-3-4-12(9-14)13(16)17/h10-12H,3-9H2,1-2H3,(H,16,17)/t10-,11-,12-/m0/s1. The van der Waals surface area contributed by atoms with E-state index in [1.807, 2.05) is 0 Å². The van der Waals surface area contributed by atoms with Gasteiger partial charge < -0.3 is 5.11 Å². The van der Waals surface area contributed by atoms with Crippen LogP contribution in [0.3, 0.4) is 0 Å². The molecule has 20 heavy (non-hydrogen) atoms. The average Bonchev–Trinajstić information content (AvgIpc) is 2.37. The van der Waals surface area contributed by atoms with E-state index >= 15 is 0 Å². The monoisotopic (exact) mass is 304 g/mol. The van der Waals surface area contributed by atoms with Crippen LogP contribution in [0.5, 0.6) is 0 Å². The van der Waals surface area contributed by atoms with Crippen molar-refractivity contribution in [3.63, 3.8) is 0 Å². The van der Waals surface area contributed by atoms with Crippen molar-refractivity contribution in [3.05, 3.63) is 0 Å². The minimum Gasteiger partial charge on any atom is -0.481 e. The molecule has 2 rings (SSSR count). The minimum atomic E-state index is -3.51. The summed E-state index contributed by atoms with van der Waals surface area (Å²) in [6.45, 7) is 5.76. The summed E-state index contributed by atoms with van der Waals surface area (Å²) >= 11 is 0. The Balaban J connectivity index is 2.11. The number of hydrogen-bond acceptors (Lipinski definition) is 3. The van der Waals surface area contributed by atoms with Crippen LogP contribution in [0.1, 0.15) is 33.1 Å². The maximum Gasteiger partial charge on any atom is 0.307 e. The fraction of sp³-hybridized carbons (Fsp3) is 0.923. The Morgan fingerprint density at radius 1 is 1.10 bits per heavy atom. The summed E-state index contributed by atoms with van der Waals surface area (Å²) in [5.74, 6) is -0.759. The Bertz CT molecular complexity index is 455. The SMILES string of the molecule is C[C@H]1C[C@H](C)CN(S(=O)(=O)N2CCC[C@H](C(=O)O)C2)C1. The number of aliphatic carboxylic acids is 1. The van der Waals surface area contributed by atoms with E-state index in [9.17, 15) is 13.2 Å². The lowest BCUT2D eigenvalue weighted by atomic mass is 9.94. The molecule has 0 saturated carbocycles. The quantitative estimate of drug-likeness (QED) is 0.844. The number of piperidine rings is 2. The molecule has 3 atom stereocenters. The van der Waals surface area contributed by atoms with Crippen LogP contribution >= 0.6 is 0 Å². The molecule has 116 valence electrons. The second-order valence-electron chi connectivity index (χ2n) is 6.31. The summed E-state index contributed by atoms with van der Waals surface area (Å²) in [7, 11) is -3.51. The fourth-order valence-electron chi connectivity index (χ4n) is 3.31. The highest BCUT2D eigenvalue weighted by molar-refractivity contribution is 7.86. The normalized spacial score (nSPS) is 34.0. The molecule has 1 N–H and O–H groups in total. The zero-order valence-electron chi connectivity index (χ0n) is 12.2. The zero-order valence-corrected chi connectivity index (χ0v) is 13.0. The van der Waals surface area contributed by atoms with Crippen LogP contribution in [-0.2, 0) is 15.0 Å². The Labute approximate surface area is 120 Å². The lowest BCUT2D eigenvalue weighted by Gasteiger charge is -2.39. The van der Waals surface area contributed by atoms with Gasteiger partial charge >= 0.3 is 5.97 Å². The first-order valence-electron chi connectivity index (χ1n) is 7.28. The maximum atomic E-state index is 12.7.